The Bertz CT molecular complexity index is 472. The zero-order valence-electron chi connectivity index (χ0n) is 9.42. The van der Waals surface area contributed by atoms with Crippen molar-refractivity contribution in [3.8, 4) is 0 Å². The first-order valence-electron chi connectivity index (χ1n) is 6.00. The van der Waals surface area contributed by atoms with Crippen molar-refractivity contribution in [3.05, 3.63) is 33.5 Å². The molecule has 4 heteroatoms. The first-order valence-corrected chi connectivity index (χ1v) is 7.17. The lowest BCUT2D eigenvalue weighted by atomic mass is 9.89. The lowest BCUT2D eigenvalue weighted by molar-refractivity contribution is 0.346. The monoisotopic (exact) mass is 312 g/mol. The number of pyridine rings is 1. The van der Waals surface area contributed by atoms with E-state index in [0.29, 0.717) is 11.1 Å². The molecule has 1 aliphatic carbocycles. The van der Waals surface area contributed by atoms with E-state index in [1.54, 1.807) is 0 Å². The Kier molecular flexibility index (Phi) is 3.24. The van der Waals surface area contributed by atoms with Crippen molar-refractivity contribution in [2.45, 2.75) is 25.3 Å². The number of piperidine rings is 1. The SMILES string of the molecule is Clc1cc(C2=CCC3CCCNC23)cnc1Br. The van der Waals surface area contributed by atoms with Gasteiger partial charge in [0, 0.05) is 12.2 Å². The first kappa shape index (κ1) is 11.7. The van der Waals surface area contributed by atoms with Gasteiger partial charge in [-0.3, -0.25) is 0 Å². The number of hydrogen-bond donors (Lipinski definition) is 1. The van der Waals surface area contributed by atoms with Crippen molar-refractivity contribution in [2.24, 2.45) is 5.92 Å². The van der Waals surface area contributed by atoms with E-state index in [0.717, 1.165) is 22.6 Å². The third-order valence-electron chi connectivity index (χ3n) is 3.69. The van der Waals surface area contributed by atoms with Crippen molar-refractivity contribution in [2.75, 3.05) is 6.54 Å². The third kappa shape index (κ3) is 2.16. The molecule has 0 bridgehead atoms. The number of nitrogens with one attached hydrogen (secondary N) is 1. The maximum absolute atomic E-state index is 6.11. The molecule has 1 aromatic heterocycles. The molecule has 17 heavy (non-hydrogen) atoms. The molecule has 90 valence electrons. The fourth-order valence-electron chi connectivity index (χ4n) is 2.85. The van der Waals surface area contributed by atoms with Gasteiger partial charge in [-0.15, -0.1) is 0 Å². The normalized spacial score (nSPS) is 27.8. The summed E-state index contributed by atoms with van der Waals surface area (Å²) < 4.78 is 0.717. The molecule has 1 N–H and O–H groups in total. The summed E-state index contributed by atoms with van der Waals surface area (Å²) in [6, 6.07) is 2.51. The molecule has 3 rings (SSSR count). The minimum atomic E-state index is 0.503. The maximum atomic E-state index is 6.11. The number of fused-ring (bicyclic) bond motifs is 1. The fourth-order valence-corrected chi connectivity index (χ4v) is 3.24. The summed E-state index contributed by atoms with van der Waals surface area (Å²) >= 11 is 9.44. The largest absolute Gasteiger partial charge is 0.310 e. The highest BCUT2D eigenvalue weighted by atomic mass is 79.9. The van der Waals surface area contributed by atoms with E-state index >= 15 is 0 Å². The number of rotatable bonds is 1. The van der Waals surface area contributed by atoms with Crippen molar-refractivity contribution < 1.29 is 0 Å². The summed E-state index contributed by atoms with van der Waals surface area (Å²) in [5.41, 5.74) is 2.52. The van der Waals surface area contributed by atoms with Crippen LogP contribution < -0.4 is 5.32 Å². The van der Waals surface area contributed by atoms with Crippen LogP contribution in [0.15, 0.2) is 22.9 Å². The van der Waals surface area contributed by atoms with Gasteiger partial charge in [-0.05, 0) is 64.9 Å². The summed E-state index contributed by atoms with van der Waals surface area (Å²) in [4.78, 5) is 4.28. The van der Waals surface area contributed by atoms with Crippen LogP contribution in [0.1, 0.15) is 24.8 Å². The van der Waals surface area contributed by atoms with Gasteiger partial charge in [-0.25, -0.2) is 4.98 Å². The van der Waals surface area contributed by atoms with Crippen LogP contribution in [0.2, 0.25) is 5.02 Å². The Labute approximate surface area is 115 Å². The van der Waals surface area contributed by atoms with Crippen molar-refractivity contribution in [3.63, 3.8) is 0 Å². The highest BCUT2D eigenvalue weighted by molar-refractivity contribution is 9.10. The summed E-state index contributed by atoms with van der Waals surface area (Å²) in [5.74, 6) is 0.765. The molecule has 0 saturated carbocycles. The summed E-state index contributed by atoms with van der Waals surface area (Å²) in [5, 5.41) is 4.30. The number of nitrogens with zero attached hydrogens (tertiary/aromatic N) is 1. The number of allylic oxidation sites excluding steroid dienone is 1. The quantitative estimate of drug-likeness (QED) is 0.801. The van der Waals surface area contributed by atoms with E-state index in [1.807, 2.05) is 12.3 Å². The minimum absolute atomic E-state index is 0.503. The Morgan fingerprint density at radius 2 is 2.35 bits per heavy atom. The molecule has 0 radical (unpaired) electrons. The zero-order valence-corrected chi connectivity index (χ0v) is 11.8. The van der Waals surface area contributed by atoms with Gasteiger partial charge in [0.1, 0.15) is 4.60 Å². The van der Waals surface area contributed by atoms with Crippen LogP contribution in [0.4, 0.5) is 0 Å². The van der Waals surface area contributed by atoms with Gasteiger partial charge in [0.25, 0.3) is 0 Å². The second-order valence-corrected chi connectivity index (χ2v) is 5.88. The van der Waals surface area contributed by atoms with E-state index in [9.17, 15) is 0 Å². The average molecular weight is 314 g/mol. The topological polar surface area (TPSA) is 24.9 Å². The van der Waals surface area contributed by atoms with E-state index in [-0.39, 0.29) is 0 Å². The Hall–Kier alpha value is -0.380. The van der Waals surface area contributed by atoms with Crippen LogP contribution in [0.3, 0.4) is 0 Å². The van der Waals surface area contributed by atoms with Gasteiger partial charge in [-0.1, -0.05) is 17.7 Å². The molecule has 0 amide bonds. The third-order valence-corrected chi connectivity index (χ3v) is 4.84. The van der Waals surface area contributed by atoms with E-state index in [4.69, 9.17) is 11.6 Å². The second kappa shape index (κ2) is 4.71. The summed E-state index contributed by atoms with van der Waals surface area (Å²) in [6.07, 6.45) is 8.05. The number of halogens is 2. The molecule has 1 aliphatic heterocycles. The molecule has 2 nitrogen and oxygen atoms in total. The van der Waals surface area contributed by atoms with E-state index in [2.05, 4.69) is 32.3 Å². The molecule has 2 atom stereocenters. The Morgan fingerprint density at radius 3 is 3.18 bits per heavy atom. The predicted octanol–water partition coefficient (Wildman–Crippen LogP) is 3.65. The van der Waals surface area contributed by atoms with Crippen molar-refractivity contribution >= 4 is 33.1 Å². The number of aromatic nitrogens is 1. The molecule has 0 aromatic carbocycles. The van der Waals surface area contributed by atoms with E-state index in [1.165, 1.54) is 24.8 Å². The molecule has 2 heterocycles. The van der Waals surface area contributed by atoms with Crippen LogP contribution in [0.25, 0.3) is 5.57 Å². The molecular formula is C13H14BrClN2. The molecule has 1 aromatic rings. The Balaban J connectivity index is 1.91. The highest BCUT2D eigenvalue weighted by Gasteiger charge is 2.32. The van der Waals surface area contributed by atoms with Crippen LogP contribution in [-0.4, -0.2) is 17.6 Å². The van der Waals surface area contributed by atoms with Crippen LogP contribution >= 0.6 is 27.5 Å². The molecule has 2 aliphatic rings. The van der Waals surface area contributed by atoms with E-state index < -0.39 is 0 Å². The first-order chi connectivity index (χ1) is 8.25. The molecule has 1 saturated heterocycles. The lowest BCUT2D eigenvalue weighted by Gasteiger charge is -2.29. The molecule has 0 spiro atoms. The number of hydrogen-bond acceptors (Lipinski definition) is 2. The molecule has 2 unspecified atom stereocenters. The van der Waals surface area contributed by atoms with Gasteiger partial charge < -0.3 is 5.32 Å². The standard InChI is InChI=1S/C13H14BrClN2/c14-13-11(15)6-9(7-17-13)10-4-3-8-2-1-5-16-12(8)10/h4,6-8,12,16H,1-3,5H2. The Morgan fingerprint density at radius 1 is 1.47 bits per heavy atom. The summed E-state index contributed by atoms with van der Waals surface area (Å²) in [7, 11) is 0. The van der Waals surface area contributed by atoms with Gasteiger partial charge in [0.15, 0.2) is 0 Å². The van der Waals surface area contributed by atoms with Crippen LogP contribution in [0.5, 0.6) is 0 Å². The zero-order chi connectivity index (χ0) is 11.8. The predicted molar refractivity (Wildman–Crippen MR) is 74.1 cm³/mol. The molecular weight excluding hydrogens is 300 g/mol. The molecule has 1 fully saturated rings. The van der Waals surface area contributed by atoms with Gasteiger partial charge in [-0.2, -0.15) is 0 Å². The fraction of sp³-hybridized carbons (Fsp3) is 0.462. The van der Waals surface area contributed by atoms with Gasteiger partial charge >= 0.3 is 0 Å². The van der Waals surface area contributed by atoms with Gasteiger partial charge in [0.05, 0.1) is 5.02 Å². The smallest absolute Gasteiger partial charge is 0.124 e. The maximum Gasteiger partial charge on any atom is 0.124 e. The van der Waals surface area contributed by atoms with Gasteiger partial charge in [0.2, 0.25) is 0 Å². The van der Waals surface area contributed by atoms with Crippen molar-refractivity contribution in [1.82, 2.24) is 10.3 Å². The summed E-state index contributed by atoms with van der Waals surface area (Å²) in [6.45, 7) is 1.12. The van der Waals surface area contributed by atoms with Crippen LogP contribution in [0, 0.1) is 5.92 Å². The van der Waals surface area contributed by atoms with Crippen molar-refractivity contribution in [1.29, 1.82) is 0 Å². The highest BCUT2D eigenvalue weighted by Crippen LogP contribution is 2.38. The second-order valence-electron chi connectivity index (χ2n) is 4.73. The lowest BCUT2D eigenvalue weighted by Crippen LogP contribution is -2.39. The average Bonchev–Trinajstić information content (AvgIpc) is 2.76. The minimum Gasteiger partial charge on any atom is -0.310 e. The van der Waals surface area contributed by atoms with Crippen LogP contribution in [-0.2, 0) is 0 Å².